The highest BCUT2D eigenvalue weighted by Crippen LogP contribution is 2.44. The fraction of sp³-hybridized carbons (Fsp3) is 0.440. The zero-order valence-corrected chi connectivity index (χ0v) is 22.7. The third-order valence-corrected chi connectivity index (χ3v) is 9.91. The average molecular weight is 580 g/mol. The van der Waals surface area contributed by atoms with Crippen molar-refractivity contribution in [2.45, 2.75) is 50.7 Å². The van der Waals surface area contributed by atoms with Crippen molar-refractivity contribution < 1.29 is 27.1 Å². The Morgan fingerprint density at radius 3 is 2.44 bits per heavy atom. The van der Waals surface area contributed by atoms with E-state index in [4.69, 9.17) is 10.8 Å². The summed E-state index contributed by atoms with van der Waals surface area (Å²) in [6.07, 6.45) is 2.91. The monoisotopic (exact) mass is 579 g/mol. The summed E-state index contributed by atoms with van der Waals surface area (Å²) in [7, 11) is -3.28. The minimum Gasteiger partial charge on any atom is -0.502 e. The van der Waals surface area contributed by atoms with Crippen molar-refractivity contribution in [3.8, 4) is 5.75 Å². The number of aromatic hydroxyl groups is 1. The van der Waals surface area contributed by atoms with Gasteiger partial charge in [-0.1, -0.05) is 17.8 Å². The molecule has 1 saturated carbocycles. The normalized spacial score (nSPS) is 19.7. The summed E-state index contributed by atoms with van der Waals surface area (Å²) in [6, 6.07) is 2.89. The smallest absolute Gasteiger partial charge is 0.278 e. The molecule has 39 heavy (non-hydrogen) atoms. The fourth-order valence-corrected chi connectivity index (χ4v) is 7.66. The van der Waals surface area contributed by atoms with Gasteiger partial charge in [0.25, 0.3) is 5.91 Å². The summed E-state index contributed by atoms with van der Waals surface area (Å²) in [5.74, 6) is -3.26. The summed E-state index contributed by atoms with van der Waals surface area (Å²) in [6.45, 7) is 2.00. The Morgan fingerprint density at radius 1 is 1.18 bits per heavy atom. The third kappa shape index (κ3) is 4.73. The van der Waals surface area contributed by atoms with Crippen molar-refractivity contribution in [2.24, 2.45) is 0 Å². The zero-order valence-electron chi connectivity index (χ0n) is 21.0. The number of halogens is 2. The van der Waals surface area contributed by atoms with Crippen LogP contribution < -0.4 is 10.4 Å². The predicted octanol–water partition coefficient (Wildman–Crippen LogP) is 2.59. The van der Waals surface area contributed by atoms with E-state index in [1.54, 1.807) is 6.92 Å². The lowest BCUT2D eigenvalue weighted by Gasteiger charge is -2.57. The third-order valence-electron chi connectivity index (χ3n) is 7.45. The molecule has 0 bridgehead atoms. The second kappa shape index (κ2) is 9.73. The molecule has 3 heterocycles. The van der Waals surface area contributed by atoms with E-state index in [-0.39, 0.29) is 70.3 Å². The van der Waals surface area contributed by atoms with Crippen molar-refractivity contribution in [3.63, 3.8) is 0 Å². The molecule has 5 rings (SSSR count). The van der Waals surface area contributed by atoms with Crippen molar-refractivity contribution in [3.05, 3.63) is 63.1 Å². The lowest BCUT2D eigenvalue weighted by molar-refractivity contribution is 0.0216. The van der Waals surface area contributed by atoms with Gasteiger partial charge in [0.1, 0.15) is 22.3 Å². The van der Waals surface area contributed by atoms with Gasteiger partial charge in [0.15, 0.2) is 21.3 Å². The van der Waals surface area contributed by atoms with Crippen LogP contribution in [0.5, 0.6) is 5.75 Å². The van der Waals surface area contributed by atoms with Crippen LogP contribution in [0.1, 0.15) is 54.2 Å². The molecule has 2 aromatic rings. The number of fused-ring (bicyclic) bond motifs is 1. The molecular weight excluding hydrogens is 552 g/mol. The largest absolute Gasteiger partial charge is 0.502 e. The standard InChI is InChI=1S/C25H27F2N5O5S2/c1-2-30-24(35)20-22(34)21(33)17(23(29)38-19(28)11-14-3-4-15(26)12-18(14)27)13-31(20)32(16-5-6-16)25(30)7-9-39(36,37)10-8-25/h3-4,12-13,16,28-29,34H,2,5-11H2,1H3. The highest BCUT2D eigenvalue weighted by molar-refractivity contribution is 8.26. The summed E-state index contributed by atoms with van der Waals surface area (Å²) in [4.78, 5) is 28.3. The van der Waals surface area contributed by atoms with E-state index in [9.17, 15) is 31.9 Å². The van der Waals surface area contributed by atoms with Gasteiger partial charge in [-0.05, 0) is 31.4 Å². The maximum absolute atomic E-state index is 14.1. The minimum atomic E-state index is -3.28. The van der Waals surface area contributed by atoms with Gasteiger partial charge in [-0.3, -0.25) is 30.1 Å². The van der Waals surface area contributed by atoms with Crippen LogP contribution in [0.3, 0.4) is 0 Å². The number of nitrogens with one attached hydrogen (secondary N) is 2. The van der Waals surface area contributed by atoms with Gasteiger partial charge in [0, 0.05) is 44.1 Å². The number of thioether (sulfide) groups is 1. The first-order valence-electron chi connectivity index (χ1n) is 12.5. The first-order valence-corrected chi connectivity index (χ1v) is 15.1. The van der Waals surface area contributed by atoms with Crippen molar-refractivity contribution in [1.29, 1.82) is 10.8 Å². The molecule has 1 amide bonds. The van der Waals surface area contributed by atoms with E-state index in [0.717, 1.165) is 18.9 Å². The second-order valence-corrected chi connectivity index (χ2v) is 13.3. The molecular formula is C25H27F2N5O5S2. The second-order valence-electron chi connectivity index (χ2n) is 9.94. The number of carbonyl (C=O) groups excluding carboxylic acids is 1. The summed E-state index contributed by atoms with van der Waals surface area (Å²) in [5, 5.41) is 29.0. The summed E-state index contributed by atoms with van der Waals surface area (Å²) >= 11 is 0.580. The molecule has 14 heteroatoms. The van der Waals surface area contributed by atoms with Crippen LogP contribution in [-0.4, -0.2) is 68.9 Å². The lowest BCUT2D eigenvalue weighted by atomic mass is 9.96. The summed E-state index contributed by atoms with van der Waals surface area (Å²) in [5.41, 5.74) is -2.40. The number of benzene rings is 1. The van der Waals surface area contributed by atoms with Crippen LogP contribution in [0.4, 0.5) is 8.78 Å². The molecule has 1 saturated heterocycles. The molecule has 3 N–H and O–H groups in total. The topological polar surface area (TPSA) is 148 Å². The molecule has 2 aliphatic heterocycles. The molecule has 1 aromatic carbocycles. The Morgan fingerprint density at radius 2 is 1.85 bits per heavy atom. The SMILES string of the molecule is CCN1C(=O)c2c(O)c(=O)c(C(=N)SC(=N)Cc3ccc(F)cc3F)cn2N(C2CC2)C12CCS(=O)(=O)CC2. The molecule has 1 aromatic heterocycles. The quantitative estimate of drug-likeness (QED) is 0.364. The molecule has 2 fully saturated rings. The van der Waals surface area contributed by atoms with Crippen LogP contribution in [0, 0.1) is 22.5 Å². The lowest BCUT2D eigenvalue weighted by Crippen LogP contribution is -2.73. The van der Waals surface area contributed by atoms with E-state index in [1.807, 2.05) is 5.01 Å². The van der Waals surface area contributed by atoms with Gasteiger partial charge in [-0.25, -0.2) is 17.2 Å². The van der Waals surface area contributed by atoms with Gasteiger partial charge < -0.3 is 10.0 Å². The van der Waals surface area contributed by atoms with Crippen LogP contribution in [-0.2, 0) is 16.3 Å². The number of rotatable bonds is 5. The first kappa shape index (κ1) is 27.3. The van der Waals surface area contributed by atoms with E-state index in [2.05, 4.69) is 0 Å². The summed E-state index contributed by atoms with van der Waals surface area (Å²) < 4.78 is 53.3. The Bertz CT molecular complexity index is 1560. The minimum absolute atomic E-state index is 0.0473. The maximum atomic E-state index is 14.1. The van der Waals surface area contributed by atoms with Crippen molar-refractivity contribution in [1.82, 2.24) is 9.58 Å². The number of hydrogen-bond donors (Lipinski definition) is 3. The van der Waals surface area contributed by atoms with Gasteiger partial charge in [-0.15, -0.1) is 0 Å². The number of aromatic nitrogens is 1. The van der Waals surface area contributed by atoms with Crippen molar-refractivity contribution in [2.75, 3.05) is 23.1 Å². The molecule has 10 nitrogen and oxygen atoms in total. The highest BCUT2D eigenvalue weighted by Gasteiger charge is 2.56. The number of hydrogen-bond acceptors (Lipinski definition) is 9. The predicted molar refractivity (Wildman–Crippen MR) is 143 cm³/mol. The molecule has 1 spiro atoms. The van der Waals surface area contributed by atoms with E-state index < -0.39 is 44.2 Å². The number of sulfone groups is 1. The molecule has 1 aliphatic carbocycles. The Kier molecular flexibility index (Phi) is 6.82. The van der Waals surface area contributed by atoms with Crippen LogP contribution in [0.25, 0.3) is 0 Å². The number of pyridine rings is 1. The Labute approximate surface area is 227 Å². The molecule has 0 unspecified atom stereocenters. The van der Waals surface area contributed by atoms with Crippen molar-refractivity contribution >= 4 is 37.6 Å². The van der Waals surface area contributed by atoms with Crippen LogP contribution in [0.15, 0.2) is 29.2 Å². The first-order chi connectivity index (χ1) is 18.4. The number of carbonyl (C=O) groups is 1. The molecule has 0 radical (unpaired) electrons. The number of nitrogens with zero attached hydrogens (tertiary/aromatic N) is 3. The van der Waals surface area contributed by atoms with Gasteiger partial charge in [0.05, 0.1) is 22.1 Å². The fourth-order valence-electron chi connectivity index (χ4n) is 5.45. The molecule has 0 atom stereocenters. The molecule has 208 valence electrons. The van der Waals surface area contributed by atoms with Crippen LogP contribution in [0.2, 0.25) is 0 Å². The van der Waals surface area contributed by atoms with Crippen LogP contribution >= 0.6 is 11.8 Å². The van der Waals surface area contributed by atoms with Gasteiger partial charge >= 0.3 is 0 Å². The van der Waals surface area contributed by atoms with Gasteiger partial charge in [-0.2, -0.15) is 0 Å². The maximum Gasteiger partial charge on any atom is 0.278 e. The van der Waals surface area contributed by atoms with Gasteiger partial charge in [0.2, 0.25) is 5.43 Å². The highest BCUT2D eigenvalue weighted by atomic mass is 32.2. The Balaban J connectivity index is 1.53. The van der Waals surface area contributed by atoms with E-state index in [0.29, 0.717) is 17.8 Å². The molecule has 3 aliphatic rings. The zero-order chi connectivity index (χ0) is 28.3. The average Bonchev–Trinajstić information content (AvgIpc) is 3.70. The van der Waals surface area contributed by atoms with E-state index in [1.165, 1.54) is 21.8 Å². The Hall–Kier alpha value is -3.26. The number of amides is 1. The van der Waals surface area contributed by atoms with E-state index >= 15 is 0 Å².